The Bertz CT molecular complexity index is 898. The van der Waals surface area contributed by atoms with E-state index in [2.05, 4.69) is 28.2 Å². The Morgan fingerprint density at radius 3 is 2.82 bits per heavy atom. The van der Waals surface area contributed by atoms with Crippen LogP contribution in [0.2, 0.25) is 0 Å². The number of benzene rings is 1. The minimum absolute atomic E-state index is 0.0316. The van der Waals surface area contributed by atoms with Gasteiger partial charge in [-0.15, -0.1) is 0 Å². The summed E-state index contributed by atoms with van der Waals surface area (Å²) in [7, 11) is 0. The van der Waals surface area contributed by atoms with Crippen molar-refractivity contribution < 1.29 is 0 Å². The normalized spacial score (nSPS) is 14.0. The first kappa shape index (κ1) is 13.2. The van der Waals surface area contributed by atoms with Crippen molar-refractivity contribution >= 4 is 11.0 Å². The number of hydrogen-bond acceptors (Lipinski definition) is 3. The van der Waals surface area contributed by atoms with Gasteiger partial charge in [-0.2, -0.15) is 0 Å². The molecule has 0 aliphatic heterocycles. The molecule has 4 rings (SSSR count). The lowest BCUT2D eigenvalue weighted by molar-refractivity contribution is 0.680. The van der Waals surface area contributed by atoms with E-state index in [1.54, 1.807) is 29.2 Å². The molecule has 4 nitrogen and oxygen atoms in total. The van der Waals surface area contributed by atoms with E-state index in [0.29, 0.717) is 17.6 Å². The highest BCUT2D eigenvalue weighted by atomic mass is 16.1. The summed E-state index contributed by atoms with van der Waals surface area (Å²) in [5.41, 5.74) is 4.54. The maximum Gasteiger partial charge on any atom is 0.263 e. The number of fused-ring (bicyclic) bond motifs is 2. The van der Waals surface area contributed by atoms with E-state index in [0.717, 1.165) is 12.0 Å². The standard InChI is InChI=1S/C18H17N3O/c22-18-16-6-3-9-19-17(16)20-12-21(18)11-13-7-8-14-4-1-2-5-15(14)10-13/h3,6-10,12H,1-2,4-5,11H2. The number of aromatic nitrogens is 3. The van der Waals surface area contributed by atoms with Crippen LogP contribution in [-0.4, -0.2) is 14.5 Å². The SMILES string of the molecule is O=c1c2cccnc2ncn1Cc1ccc2c(c1)CCCC2. The van der Waals surface area contributed by atoms with Gasteiger partial charge in [-0.3, -0.25) is 9.36 Å². The molecule has 0 atom stereocenters. The third-order valence-electron chi connectivity index (χ3n) is 4.36. The third kappa shape index (κ3) is 2.30. The fourth-order valence-electron chi connectivity index (χ4n) is 3.19. The first-order chi connectivity index (χ1) is 10.8. The van der Waals surface area contributed by atoms with Crippen LogP contribution in [-0.2, 0) is 19.4 Å². The largest absolute Gasteiger partial charge is 0.294 e. The summed E-state index contributed by atoms with van der Waals surface area (Å²) in [6.07, 6.45) is 8.13. The fraction of sp³-hybridized carbons (Fsp3) is 0.278. The van der Waals surface area contributed by atoms with Crippen molar-refractivity contribution in [2.45, 2.75) is 32.2 Å². The molecule has 4 heteroatoms. The summed E-state index contributed by atoms with van der Waals surface area (Å²) in [5, 5.41) is 0.572. The van der Waals surface area contributed by atoms with Crippen LogP contribution >= 0.6 is 0 Å². The number of nitrogens with zero attached hydrogens (tertiary/aromatic N) is 3. The van der Waals surface area contributed by atoms with Crippen molar-refractivity contribution in [1.82, 2.24) is 14.5 Å². The van der Waals surface area contributed by atoms with Gasteiger partial charge in [0.2, 0.25) is 0 Å². The molecule has 1 aliphatic rings. The quantitative estimate of drug-likeness (QED) is 0.729. The molecular formula is C18H17N3O. The molecule has 3 aromatic rings. The summed E-state index contributed by atoms with van der Waals surface area (Å²) in [6.45, 7) is 0.559. The second-order valence-corrected chi connectivity index (χ2v) is 5.86. The number of aryl methyl sites for hydroxylation is 2. The fourth-order valence-corrected chi connectivity index (χ4v) is 3.19. The topological polar surface area (TPSA) is 47.8 Å². The van der Waals surface area contributed by atoms with Crippen molar-refractivity contribution in [1.29, 1.82) is 0 Å². The van der Waals surface area contributed by atoms with Gasteiger partial charge in [0.05, 0.1) is 11.9 Å². The van der Waals surface area contributed by atoms with Gasteiger partial charge in [-0.1, -0.05) is 18.2 Å². The predicted molar refractivity (Wildman–Crippen MR) is 86.0 cm³/mol. The smallest absolute Gasteiger partial charge is 0.263 e. The molecule has 0 bridgehead atoms. The lowest BCUT2D eigenvalue weighted by Gasteiger charge is -2.17. The summed E-state index contributed by atoms with van der Waals surface area (Å²) < 4.78 is 1.66. The zero-order chi connectivity index (χ0) is 14.9. The average molecular weight is 291 g/mol. The van der Waals surface area contributed by atoms with E-state index in [9.17, 15) is 4.79 Å². The maximum atomic E-state index is 12.5. The van der Waals surface area contributed by atoms with Crippen molar-refractivity contribution in [3.8, 4) is 0 Å². The average Bonchev–Trinajstić information content (AvgIpc) is 2.57. The Labute approximate surface area is 128 Å². The molecule has 110 valence electrons. The number of rotatable bonds is 2. The molecule has 0 N–H and O–H groups in total. The molecule has 2 heterocycles. The summed E-state index contributed by atoms with van der Waals surface area (Å²) >= 11 is 0. The Morgan fingerprint density at radius 2 is 1.91 bits per heavy atom. The van der Waals surface area contributed by atoms with Crippen LogP contribution in [0.15, 0.2) is 47.7 Å². The molecule has 0 radical (unpaired) electrons. The van der Waals surface area contributed by atoms with Crippen molar-refractivity contribution in [3.63, 3.8) is 0 Å². The van der Waals surface area contributed by atoms with Crippen LogP contribution in [0.3, 0.4) is 0 Å². The molecule has 22 heavy (non-hydrogen) atoms. The van der Waals surface area contributed by atoms with Gasteiger partial charge in [0.15, 0.2) is 5.65 Å². The van der Waals surface area contributed by atoms with Gasteiger partial charge in [0.25, 0.3) is 5.56 Å². The van der Waals surface area contributed by atoms with Gasteiger partial charge in [0, 0.05) is 6.20 Å². The van der Waals surface area contributed by atoms with E-state index in [1.165, 1.54) is 30.4 Å². The number of pyridine rings is 1. The molecule has 0 spiro atoms. The second-order valence-electron chi connectivity index (χ2n) is 5.86. The molecule has 0 saturated heterocycles. The molecule has 2 aromatic heterocycles. The van der Waals surface area contributed by atoms with Crippen LogP contribution in [0.5, 0.6) is 0 Å². The highest BCUT2D eigenvalue weighted by Crippen LogP contribution is 2.22. The number of hydrogen-bond donors (Lipinski definition) is 0. The lowest BCUT2D eigenvalue weighted by atomic mass is 9.90. The van der Waals surface area contributed by atoms with Crippen LogP contribution in [0.4, 0.5) is 0 Å². The zero-order valence-corrected chi connectivity index (χ0v) is 12.3. The Hall–Kier alpha value is -2.49. The van der Waals surface area contributed by atoms with Gasteiger partial charge >= 0.3 is 0 Å². The monoisotopic (exact) mass is 291 g/mol. The predicted octanol–water partition coefficient (Wildman–Crippen LogP) is 2.72. The summed E-state index contributed by atoms with van der Waals surface area (Å²) in [5.74, 6) is 0. The van der Waals surface area contributed by atoms with Crippen molar-refractivity contribution in [2.75, 3.05) is 0 Å². The van der Waals surface area contributed by atoms with Gasteiger partial charge in [-0.25, -0.2) is 9.97 Å². The van der Waals surface area contributed by atoms with E-state index >= 15 is 0 Å². The minimum Gasteiger partial charge on any atom is -0.294 e. The Balaban J connectivity index is 1.72. The van der Waals surface area contributed by atoms with Gasteiger partial charge < -0.3 is 0 Å². The third-order valence-corrected chi connectivity index (χ3v) is 4.36. The van der Waals surface area contributed by atoms with Crippen LogP contribution in [0, 0.1) is 0 Å². The first-order valence-corrected chi connectivity index (χ1v) is 7.72. The van der Waals surface area contributed by atoms with Crippen molar-refractivity contribution in [3.05, 3.63) is 69.9 Å². The van der Waals surface area contributed by atoms with Crippen molar-refractivity contribution in [2.24, 2.45) is 0 Å². The minimum atomic E-state index is -0.0316. The summed E-state index contributed by atoms with van der Waals surface area (Å²) in [4.78, 5) is 20.9. The molecule has 1 aromatic carbocycles. The Kier molecular flexibility index (Phi) is 3.22. The second kappa shape index (κ2) is 5.37. The highest BCUT2D eigenvalue weighted by Gasteiger charge is 2.10. The first-order valence-electron chi connectivity index (χ1n) is 7.72. The molecule has 0 unspecified atom stereocenters. The zero-order valence-electron chi connectivity index (χ0n) is 12.3. The maximum absolute atomic E-state index is 12.5. The Morgan fingerprint density at radius 1 is 1.05 bits per heavy atom. The molecule has 0 amide bonds. The van der Waals surface area contributed by atoms with E-state index in [-0.39, 0.29) is 5.56 Å². The highest BCUT2D eigenvalue weighted by molar-refractivity contribution is 5.72. The van der Waals surface area contributed by atoms with Crippen LogP contribution in [0.1, 0.15) is 29.5 Å². The van der Waals surface area contributed by atoms with Gasteiger partial charge in [-0.05, 0) is 54.5 Å². The lowest BCUT2D eigenvalue weighted by Crippen LogP contribution is -2.21. The summed E-state index contributed by atoms with van der Waals surface area (Å²) in [6, 6.07) is 10.1. The molecule has 1 aliphatic carbocycles. The van der Waals surface area contributed by atoms with E-state index in [4.69, 9.17) is 0 Å². The van der Waals surface area contributed by atoms with E-state index < -0.39 is 0 Å². The molecule has 0 fully saturated rings. The van der Waals surface area contributed by atoms with E-state index in [1.807, 2.05) is 0 Å². The van der Waals surface area contributed by atoms with Crippen LogP contribution in [0.25, 0.3) is 11.0 Å². The van der Waals surface area contributed by atoms with Crippen LogP contribution < -0.4 is 5.56 Å². The molecular weight excluding hydrogens is 274 g/mol. The molecule has 0 saturated carbocycles. The van der Waals surface area contributed by atoms with Gasteiger partial charge in [0.1, 0.15) is 6.33 Å².